The molecule has 0 aliphatic carbocycles. The Kier molecular flexibility index (Phi) is 5.94. The second-order valence-corrected chi connectivity index (χ2v) is 8.70. The predicted octanol–water partition coefficient (Wildman–Crippen LogP) is 4.95. The highest BCUT2D eigenvalue weighted by Crippen LogP contribution is 2.23. The lowest BCUT2D eigenvalue weighted by Gasteiger charge is -2.33. The number of hydrogen-bond donors (Lipinski definition) is 1. The van der Waals surface area contributed by atoms with Gasteiger partial charge in [-0.05, 0) is 60.6 Å². The first-order valence-corrected chi connectivity index (χ1v) is 11.3. The first-order chi connectivity index (χ1) is 16.0. The highest BCUT2D eigenvalue weighted by atomic mass is 35.5. The molecule has 1 fully saturated rings. The Hall–Kier alpha value is -3.48. The molecule has 6 nitrogen and oxygen atoms in total. The number of amides is 1. The van der Waals surface area contributed by atoms with Crippen molar-refractivity contribution in [3.8, 4) is 11.1 Å². The van der Waals surface area contributed by atoms with E-state index in [0.29, 0.717) is 16.3 Å². The third kappa shape index (κ3) is 4.82. The van der Waals surface area contributed by atoms with Crippen LogP contribution in [0, 0.1) is 0 Å². The van der Waals surface area contributed by atoms with Gasteiger partial charge in [0.1, 0.15) is 5.82 Å². The Balaban J connectivity index is 1.28. The molecule has 3 aromatic carbocycles. The Morgan fingerprint density at radius 1 is 0.879 bits per heavy atom. The van der Waals surface area contributed by atoms with Crippen molar-refractivity contribution in [3.63, 3.8) is 0 Å². The number of fused-ring (bicyclic) bond motifs is 1. The maximum absolute atomic E-state index is 12.8. The first-order valence-electron chi connectivity index (χ1n) is 10.9. The van der Waals surface area contributed by atoms with Crippen LogP contribution in [0.4, 0.5) is 11.5 Å². The zero-order valence-electron chi connectivity index (χ0n) is 18.3. The van der Waals surface area contributed by atoms with Crippen molar-refractivity contribution in [2.24, 2.45) is 0 Å². The zero-order chi connectivity index (χ0) is 22.8. The van der Waals surface area contributed by atoms with E-state index < -0.39 is 0 Å². The lowest BCUT2D eigenvalue weighted by Crippen LogP contribution is -2.44. The molecule has 166 valence electrons. The van der Waals surface area contributed by atoms with E-state index in [9.17, 15) is 4.79 Å². The molecule has 0 bridgehead atoms. The van der Waals surface area contributed by atoms with Crippen LogP contribution >= 0.6 is 11.6 Å². The number of halogens is 1. The largest absolute Gasteiger partial charge is 0.353 e. The smallest absolute Gasteiger partial charge is 0.255 e. The van der Waals surface area contributed by atoms with E-state index in [1.807, 2.05) is 72.9 Å². The van der Waals surface area contributed by atoms with Gasteiger partial charge in [-0.15, -0.1) is 0 Å². The van der Waals surface area contributed by atoms with Crippen molar-refractivity contribution >= 4 is 40.0 Å². The number of aromatic nitrogens is 2. The molecule has 1 N–H and O–H groups in total. The topological polar surface area (TPSA) is 61.4 Å². The number of carbonyl (C=O) groups is 1. The maximum Gasteiger partial charge on any atom is 0.255 e. The second-order valence-electron chi connectivity index (χ2n) is 8.26. The molecule has 2 heterocycles. The van der Waals surface area contributed by atoms with Crippen LogP contribution in [0.15, 0.2) is 72.9 Å². The van der Waals surface area contributed by atoms with Crippen molar-refractivity contribution in [2.45, 2.75) is 0 Å². The van der Waals surface area contributed by atoms with E-state index in [1.54, 1.807) is 0 Å². The van der Waals surface area contributed by atoms with Crippen molar-refractivity contribution in [1.82, 2.24) is 14.9 Å². The Morgan fingerprint density at radius 2 is 1.55 bits per heavy atom. The molecule has 1 saturated heterocycles. The molecule has 33 heavy (non-hydrogen) atoms. The van der Waals surface area contributed by atoms with Gasteiger partial charge in [-0.3, -0.25) is 9.78 Å². The molecule has 1 aromatic heterocycles. The predicted molar refractivity (Wildman–Crippen MR) is 134 cm³/mol. The van der Waals surface area contributed by atoms with E-state index in [4.69, 9.17) is 16.6 Å². The second kappa shape index (κ2) is 9.17. The maximum atomic E-state index is 12.8. The number of piperazine rings is 1. The molecule has 4 aromatic rings. The van der Waals surface area contributed by atoms with Crippen LogP contribution in [-0.2, 0) is 0 Å². The summed E-state index contributed by atoms with van der Waals surface area (Å²) in [5, 5.41) is 3.66. The summed E-state index contributed by atoms with van der Waals surface area (Å²) in [6, 6.07) is 20.8. The summed E-state index contributed by atoms with van der Waals surface area (Å²) in [6.07, 6.45) is 1.81. The minimum absolute atomic E-state index is 0.168. The number of nitrogens with zero attached hydrogens (tertiary/aromatic N) is 4. The fourth-order valence-corrected chi connectivity index (χ4v) is 4.05. The van der Waals surface area contributed by atoms with Gasteiger partial charge in [0, 0.05) is 42.5 Å². The molecule has 0 atom stereocenters. The van der Waals surface area contributed by atoms with Gasteiger partial charge in [0.05, 0.1) is 17.2 Å². The first kappa shape index (κ1) is 21.4. The molecule has 1 aliphatic heterocycles. The summed E-state index contributed by atoms with van der Waals surface area (Å²) in [5.74, 6) is 0.729. The summed E-state index contributed by atoms with van der Waals surface area (Å²) < 4.78 is 0. The number of hydrogen-bond acceptors (Lipinski definition) is 5. The molecule has 0 spiro atoms. The number of likely N-dealkylation sites (N-methyl/N-ethyl adjacent to an activating group) is 1. The minimum atomic E-state index is -0.168. The highest BCUT2D eigenvalue weighted by molar-refractivity contribution is 6.30. The SMILES string of the molecule is CN1CCN(c2cnc3cc(NC(=O)c4ccc(-c5ccc(Cl)cc5)cc4)ccc3n2)CC1. The van der Waals surface area contributed by atoms with Crippen LogP contribution < -0.4 is 10.2 Å². The quantitative estimate of drug-likeness (QED) is 0.469. The fourth-order valence-electron chi connectivity index (χ4n) is 3.93. The molecule has 1 amide bonds. The van der Waals surface area contributed by atoms with Gasteiger partial charge in [0.25, 0.3) is 5.91 Å². The number of nitrogens with one attached hydrogen (secondary N) is 1. The van der Waals surface area contributed by atoms with Crippen LogP contribution in [0.25, 0.3) is 22.2 Å². The van der Waals surface area contributed by atoms with Gasteiger partial charge in [0.15, 0.2) is 0 Å². The lowest BCUT2D eigenvalue weighted by atomic mass is 10.0. The molecular weight excluding hydrogens is 434 g/mol. The standard InChI is InChI=1S/C26H24ClN5O/c1-31-12-14-32(15-13-31)25-17-28-24-16-22(10-11-23(24)30-25)29-26(33)20-4-2-18(3-5-20)19-6-8-21(27)9-7-19/h2-11,16-17H,12-15H2,1H3,(H,29,33). The van der Waals surface area contributed by atoms with E-state index in [2.05, 4.69) is 27.1 Å². The molecule has 1 aliphatic rings. The molecule has 0 radical (unpaired) electrons. The van der Waals surface area contributed by atoms with Gasteiger partial charge < -0.3 is 15.1 Å². The van der Waals surface area contributed by atoms with Crippen LogP contribution in [-0.4, -0.2) is 54.0 Å². The van der Waals surface area contributed by atoms with Crippen LogP contribution in [0.3, 0.4) is 0 Å². The number of benzene rings is 3. The van der Waals surface area contributed by atoms with Crippen LogP contribution in [0.2, 0.25) is 5.02 Å². The minimum Gasteiger partial charge on any atom is -0.353 e. The molecule has 7 heteroatoms. The zero-order valence-corrected chi connectivity index (χ0v) is 19.1. The lowest BCUT2D eigenvalue weighted by molar-refractivity contribution is 0.102. The van der Waals surface area contributed by atoms with Gasteiger partial charge in [0.2, 0.25) is 0 Å². The summed E-state index contributed by atoms with van der Waals surface area (Å²) in [5.41, 5.74) is 4.93. The summed E-state index contributed by atoms with van der Waals surface area (Å²) in [6.45, 7) is 3.93. The summed E-state index contributed by atoms with van der Waals surface area (Å²) in [4.78, 5) is 26.7. The van der Waals surface area contributed by atoms with E-state index in [0.717, 1.165) is 54.2 Å². The average molecular weight is 458 g/mol. The van der Waals surface area contributed by atoms with Gasteiger partial charge in [-0.1, -0.05) is 35.9 Å². The summed E-state index contributed by atoms with van der Waals surface area (Å²) in [7, 11) is 2.13. The monoisotopic (exact) mass is 457 g/mol. The number of rotatable bonds is 4. The third-order valence-corrected chi connectivity index (χ3v) is 6.19. The van der Waals surface area contributed by atoms with Crippen molar-refractivity contribution in [2.75, 3.05) is 43.4 Å². The molecule has 5 rings (SSSR count). The number of carbonyl (C=O) groups excluding carboxylic acids is 1. The Bertz CT molecular complexity index is 1280. The Morgan fingerprint density at radius 3 is 2.24 bits per heavy atom. The highest BCUT2D eigenvalue weighted by Gasteiger charge is 2.16. The van der Waals surface area contributed by atoms with Crippen LogP contribution in [0.5, 0.6) is 0 Å². The van der Waals surface area contributed by atoms with Crippen molar-refractivity contribution in [3.05, 3.63) is 83.5 Å². The van der Waals surface area contributed by atoms with Crippen molar-refractivity contribution < 1.29 is 4.79 Å². The van der Waals surface area contributed by atoms with E-state index in [1.165, 1.54) is 0 Å². The molecule has 0 unspecified atom stereocenters. The number of anilines is 2. The summed E-state index contributed by atoms with van der Waals surface area (Å²) >= 11 is 5.96. The Labute approximate surface area is 197 Å². The van der Waals surface area contributed by atoms with Gasteiger partial charge >= 0.3 is 0 Å². The van der Waals surface area contributed by atoms with E-state index in [-0.39, 0.29) is 5.91 Å². The normalized spacial score (nSPS) is 14.4. The average Bonchev–Trinajstić information content (AvgIpc) is 2.85. The van der Waals surface area contributed by atoms with Gasteiger partial charge in [-0.2, -0.15) is 0 Å². The third-order valence-electron chi connectivity index (χ3n) is 5.94. The molecular formula is C26H24ClN5O. The fraction of sp³-hybridized carbons (Fsp3) is 0.192. The van der Waals surface area contributed by atoms with Crippen molar-refractivity contribution in [1.29, 1.82) is 0 Å². The molecule has 0 saturated carbocycles. The van der Waals surface area contributed by atoms with Gasteiger partial charge in [-0.25, -0.2) is 4.98 Å². The van der Waals surface area contributed by atoms with Crippen LogP contribution in [0.1, 0.15) is 10.4 Å². The van der Waals surface area contributed by atoms with E-state index >= 15 is 0 Å².